The summed E-state index contributed by atoms with van der Waals surface area (Å²) in [7, 11) is 1.82. The predicted molar refractivity (Wildman–Crippen MR) is 74.8 cm³/mol. The van der Waals surface area contributed by atoms with Crippen LogP contribution >= 0.6 is 11.8 Å². The summed E-state index contributed by atoms with van der Waals surface area (Å²) in [5, 5.41) is 5.14. The summed E-state index contributed by atoms with van der Waals surface area (Å²) in [6.45, 7) is 9.02. The van der Waals surface area contributed by atoms with E-state index in [-0.39, 0.29) is 0 Å². The monoisotopic (exact) mass is 258 g/mol. The minimum absolute atomic E-state index is 0.548. The van der Waals surface area contributed by atoms with Crippen molar-refractivity contribution in [2.75, 3.05) is 33.4 Å². The average molecular weight is 258 g/mol. The number of nitrogens with zero attached hydrogens (tertiary/aromatic N) is 1. The van der Waals surface area contributed by atoms with E-state index in [2.05, 4.69) is 35.8 Å². The molecule has 1 aliphatic carbocycles. The van der Waals surface area contributed by atoms with Crippen molar-refractivity contribution >= 4 is 11.8 Å². The molecular weight excluding hydrogens is 232 g/mol. The molecule has 3 atom stereocenters. The lowest BCUT2D eigenvalue weighted by atomic mass is 10.2. The summed E-state index contributed by atoms with van der Waals surface area (Å²) in [6, 6.07) is 1.34. The highest BCUT2D eigenvalue weighted by Gasteiger charge is 2.29. The first-order valence-corrected chi connectivity index (χ1v) is 7.75. The molecule has 0 bridgehead atoms. The predicted octanol–water partition coefficient (Wildman–Crippen LogP) is 1.58. The van der Waals surface area contributed by atoms with Crippen molar-refractivity contribution in [1.29, 1.82) is 0 Å². The van der Waals surface area contributed by atoms with Crippen LogP contribution in [0, 0.1) is 0 Å². The normalized spacial score (nSPS) is 32.6. The zero-order valence-corrected chi connectivity index (χ0v) is 12.1. The van der Waals surface area contributed by atoms with Crippen molar-refractivity contribution in [3.63, 3.8) is 0 Å². The molecule has 0 radical (unpaired) electrons. The van der Waals surface area contributed by atoms with Crippen molar-refractivity contribution in [2.45, 2.75) is 49.3 Å². The van der Waals surface area contributed by atoms with Gasteiger partial charge in [-0.15, -0.1) is 0 Å². The van der Waals surface area contributed by atoms with Gasteiger partial charge in [-0.25, -0.2) is 0 Å². The third kappa shape index (κ3) is 4.43. The fourth-order valence-corrected chi connectivity index (χ4v) is 3.94. The minimum Gasteiger partial charge on any atom is -0.383 e. The molecule has 1 aliphatic heterocycles. The molecule has 1 saturated carbocycles. The van der Waals surface area contributed by atoms with Gasteiger partial charge in [0.2, 0.25) is 0 Å². The molecule has 0 aromatic rings. The largest absolute Gasteiger partial charge is 0.383 e. The fourth-order valence-electron chi connectivity index (χ4n) is 2.59. The number of methoxy groups -OCH3 is 1. The van der Waals surface area contributed by atoms with Gasteiger partial charge in [-0.2, -0.15) is 11.8 Å². The zero-order chi connectivity index (χ0) is 12.3. The second-order valence-electron chi connectivity index (χ2n) is 5.50. The van der Waals surface area contributed by atoms with Crippen LogP contribution in [0.25, 0.3) is 0 Å². The van der Waals surface area contributed by atoms with Crippen LogP contribution in [0.5, 0.6) is 0 Å². The van der Waals surface area contributed by atoms with E-state index < -0.39 is 0 Å². The van der Waals surface area contributed by atoms with Gasteiger partial charge in [-0.1, -0.05) is 13.8 Å². The van der Waals surface area contributed by atoms with Gasteiger partial charge in [-0.05, 0) is 12.8 Å². The second-order valence-corrected chi connectivity index (χ2v) is 7.38. The van der Waals surface area contributed by atoms with Crippen LogP contribution in [0.2, 0.25) is 0 Å². The molecule has 3 nitrogen and oxygen atoms in total. The van der Waals surface area contributed by atoms with Crippen LogP contribution in [0.15, 0.2) is 0 Å². The molecule has 1 N–H and O–H groups in total. The molecular formula is C13H26N2OS. The maximum atomic E-state index is 5.39. The Bertz CT molecular complexity index is 225. The summed E-state index contributed by atoms with van der Waals surface area (Å²) < 4.78 is 5.39. The highest BCUT2D eigenvalue weighted by atomic mass is 32.2. The molecule has 0 amide bonds. The topological polar surface area (TPSA) is 24.5 Å². The molecule has 0 aromatic carbocycles. The number of thioether (sulfide) groups is 1. The van der Waals surface area contributed by atoms with E-state index >= 15 is 0 Å². The highest BCUT2D eigenvalue weighted by Crippen LogP contribution is 2.26. The minimum atomic E-state index is 0.548. The van der Waals surface area contributed by atoms with Gasteiger partial charge < -0.3 is 10.1 Å². The third-order valence-corrected chi connectivity index (χ3v) is 4.77. The molecule has 0 aromatic heterocycles. The Kier molecular flexibility index (Phi) is 5.15. The Labute approximate surface area is 110 Å². The maximum Gasteiger partial charge on any atom is 0.0630 e. The molecule has 1 saturated heterocycles. The summed E-state index contributed by atoms with van der Waals surface area (Å²) in [5.74, 6) is 0. The maximum absolute atomic E-state index is 5.39. The van der Waals surface area contributed by atoms with Crippen molar-refractivity contribution in [1.82, 2.24) is 10.2 Å². The van der Waals surface area contributed by atoms with Gasteiger partial charge in [0.15, 0.2) is 0 Å². The number of rotatable bonds is 6. The Morgan fingerprint density at radius 2 is 1.94 bits per heavy atom. The van der Waals surface area contributed by atoms with E-state index in [0.717, 1.165) is 29.7 Å². The SMILES string of the molecule is COCC(CNC1CC1)N1CC(C)SC(C)C1. The fraction of sp³-hybridized carbons (Fsp3) is 1.00. The van der Waals surface area contributed by atoms with Gasteiger partial charge in [0.05, 0.1) is 6.61 Å². The summed E-state index contributed by atoms with van der Waals surface area (Å²) in [5.41, 5.74) is 0. The number of hydrogen-bond donors (Lipinski definition) is 1. The third-order valence-electron chi connectivity index (χ3n) is 3.54. The number of hydrogen-bond acceptors (Lipinski definition) is 4. The van der Waals surface area contributed by atoms with Gasteiger partial charge >= 0.3 is 0 Å². The molecule has 4 heteroatoms. The molecule has 2 fully saturated rings. The van der Waals surface area contributed by atoms with E-state index in [1.54, 1.807) is 0 Å². The van der Waals surface area contributed by atoms with Crippen LogP contribution in [0.4, 0.5) is 0 Å². The standard InChI is InChI=1S/C13H26N2OS/c1-10-7-15(8-11(2)17-10)13(9-16-3)6-14-12-4-5-12/h10-14H,4-9H2,1-3H3. The zero-order valence-electron chi connectivity index (χ0n) is 11.3. The van der Waals surface area contributed by atoms with Gasteiger partial charge in [0.1, 0.15) is 0 Å². The van der Waals surface area contributed by atoms with Crippen LogP contribution in [0.3, 0.4) is 0 Å². The second kappa shape index (κ2) is 6.41. The highest BCUT2D eigenvalue weighted by molar-refractivity contribution is 8.00. The van der Waals surface area contributed by atoms with Crippen LogP contribution in [-0.4, -0.2) is 60.8 Å². The van der Waals surface area contributed by atoms with Crippen molar-refractivity contribution in [3.05, 3.63) is 0 Å². The molecule has 3 unspecified atom stereocenters. The lowest BCUT2D eigenvalue weighted by Gasteiger charge is -2.39. The number of ether oxygens (including phenoxy) is 1. The summed E-state index contributed by atoms with van der Waals surface area (Å²) in [4.78, 5) is 2.62. The molecule has 2 aliphatic rings. The Morgan fingerprint density at radius 3 is 2.47 bits per heavy atom. The van der Waals surface area contributed by atoms with E-state index in [0.29, 0.717) is 6.04 Å². The van der Waals surface area contributed by atoms with Crippen molar-refractivity contribution in [2.24, 2.45) is 0 Å². The smallest absolute Gasteiger partial charge is 0.0630 e. The summed E-state index contributed by atoms with van der Waals surface area (Å²) >= 11 is 2.11. The molecule has 1 heterocycles. The molecule has 17 heavy (non-hydrogen) atoms. The van der Waals surface area contributed by atoms with E-state index in [4.69, 9.17) is 4.74 Å². The van der Waals surface area contributed by atoms with Crippen molar-refractivity contribution in [3.8, 4) is 0 Å². The Balaban J connectivity index is 1.83. The quantitative estimate of drug-likeness (QED) is 0.782. The summed E-state index contributed by atoms with van der Waals surface area (Å²) in [6.07, 6.45) is 2.73. The van der Waals surface area contributed by atoms with E-state index in [9.17, 15) is 0 Å². The molecule has 2 rings (SSSR count). The Morgan fingerprint density at radius 1 is 1.29 bits per heavy atom. The Hall–Kier alpha value is 0.230. The van der Waals surface area contributed by atoms with E-state index in [1.807, 2.05) is 7.11 Å². The van der Waals surface area contributed by atoms with Gasteiger partial charge in [-0.3, -0.25) is 4.90 Å². The lowest BCUT2D eigenvalue weighted by molar-refractivity contribution is 0.0878. The first-order chi connectivity index (χ1) is 8.19. The van der Waals surface area contributed by atoms with Gasteiger partial charge in [0, 0.05) is 49.3 Å². The lowest BCUT2D eigenvalue weighted by Crippen LogP contribution is -2.52. The molecule has 100 valence electrons. The number of nitrogens with one attached hydrogen (secondary N) is 1. The average Bonchev–Trinajstić information content (AvgIpc) is 3.06. The van der Waals surface area contributed by atoms with E-state index in [1.165, 1.54) is 25.9 Å². The first kappa shape index (κ1) is 13.7. The molecule has 0 spiro atoms. The first-order valence-electron chi connectivity index (χ1n) is 6.81. The van der Waals surface area contributed by atoms with Crippen LogP contribution < -0.4 is 5.32 Å². The van der Waals surface area contributed by atoms with Crippen LogP contribution in [-0.2, 0) is 4.74 Å². The van der Waals surface area contributed by atoms with Gasteiger partial charge in [0.25, 0.3) is 0 Å². The van der Waals surface area contributed by atoms with Crippen molar-refractivity contribution < 1.29 is 4.74 Å². The van der Waals surface area contributed by atoms with Crippen LogP contribution in [0.1, 0.15) is 26.7 Å².